The second kappa shape index (κ2) is 5.05. The monoisotopic (exact) mass is 193 g/mol. The number of hydrogen-bond acceptors (Lipinski definition) is 3. The Balaban J connectivity index is 2.78. The molecule has 0 fully saturated rings. The molecule has 1 N–H and O–H groups in total. The van der Waals surface area contributed by atoms with E-state index in [9.17, 15) is 0 Å². The molecule has 1 aromatic rings. The van der Waals surface area contributed by atoms with Gasteiger partial charge in [0, 0.05) is 12.2 Å². The summed E-state index contributed by atoms with van der Waals surface area (Å²) in [6.45, 7) is 6.36. The van der Waals surface area contributed by atoms with Crippen LogP contribution in [0.5, 0.6) is 0 Å². The maximum absolute atomic E-state index is 4.42. The molecule has 0 aliphatic rings. The number of rotatable bonds is 4. The fraction of sp³-hybridized carbons (Fsp3) is 0.636. The summed E-state index contributed by atoms with van der Waals surface area (Å²) in [5, 5.41) is 3.29. The van der Waals surface area contributed by atoms with Crippen molar-refractivity contribution in [2.24, 2.45) is 5.92 Å². The molecule has 0 saturated carbocycles. The van der Waals surface area contributed by atoms with E-state index < -0.39 is 0 Å². The summed E-state index contributed by atoms with van der Waals surface area (Å²) in [4.78, 5) is 8.52. The van der Waals surface area contributed by atoms with Crippen LogP contribution in [0, 0.1) is 12.8 Å². The van der Waals surface area contributed by atoms with Gasteiger partial charge in [-0.3, -0.25) is 0 Å². The van der Waals surface area contributed by atoms with Crippen molar-refractivity contribution in [2.45, 2.75) is 33.2 Å². The Morgan fingerprint density at radius 3 is 2.64 bits per heavy atom. The van der Waals surface area contributed by atoms with Crippen LogP contribution in [-0.4, -0.2) is 17.0 Å². The van der Waals surface area contributed by atoms with Crippen LogP contribution < -0.4 is 5.32 Å². The maximum atomic E-state index is 4.42. The van der Waals surface area contributed by atoms with E-state index >= 15 is 0 Å². The van der Waals surface area contributed by atoms with E-state index in [1.165, 1.54) is 0 Å². The minimum atomic E-state index is 0.344. The van der Waals surface area contributed by atoms with Crippen LogP contribution in [0.3, 0.4) is 0 Å². The quantitative estimate of drug-likeness (QED) is 0.795. The Morgan fingerprint density at radius 1 is 1.43 bits per heavy atom. The van der Waals surface area contributed by atoms with E-state index in [-0.39, 0.29) is 0 Å². The zero-order chi connectivity index (χ0) is 10.6. The zero-order valence-electron chi connectivity index (χ0n) is 9.41. The van der Waals surface area contributed by atoms with Crippen molar-refractivity contribution in [3.8, 4) is 0 Å². The third-order valence-electron chi connectivity index (χ3n) is 2.21. The summed E-state index contributed by atoms with van der Waals surface area (Å²) < 4.78 is 0. The summed E-state index contributed by atoms with van der Waals surface area (Å²) in [5.74, 6) is 1.51. The molecule has 3 heteroatoms. The van der Waals surface area contributed by atoms with Crippen molar-refractivity contribution in [3.63, 3.8) is 0 Å². The SMILES string of the molecule is CNC(CC(C)C)c1ccnc(C)n1. The first-order valence-electron chi connectivity index (χ1n) is 5.10. The van der Waals surface area contributed by atoms with Crippen molar-refractivity contribution in [1.29, 1.82) is 0 Å². The molecule has 78 valence electrons. The highest BCUT2D eigenvalue weighted by Gasteiger charge is 2.12. The van der Waals surface area contributed by atoms with Gasteiger partial charge < -0.3 is 5.32 Å². The molecule has 0 bridgehead atoms. The van der Waals surface area contributed by atoms with Crippen LogP contribution in [0.1, 0.15) is 37.8 Å². The second-order valence-electron chi connectivity index (χ2n) is 4.00. The number of hydrogen-bond donors (Lipinski definition) is 1. The molecule has 3 nitrogen and oxygen atoms in total. The first-order valence-corrected chi connectivity index (χ1v) is 5.10. The molecule has 0 spiro atoms. The largest absolute Gasteiger partial charge is 0.312 e. The molecule has 0 radical (unpaired) electrons. The van der Waals surface area contributed by atoms with Crippen LogP contribution in [-0.2, 0) is 0 Å². The minimum absolute atomic E-state index is 0.344. The predicted molar refractivity (Wildman–Crippen MR) is 58.0 cm³/mol. The van der Waals surface area contributed by atoms with Crippen molar-refractivity contribution < 1.29 is 0 Å². The second-order valence-corrected chi connectivity index (χ2v) is 4.00. The molecule has 1 unspecified atom stereocenters. The lowest BCUT2D eigenvalue weighted by Crippen LogP contribution is -2.19. The molecule has 1 atom stereocenters. The first-order chi connectivity index (χ1) is 6.63. The van der Waals surface area contributed by atoms with Gasteiger partial charge in [0.05, 0.1) is 5.69 Å². The van der Waals surface area contributed by atoms with Crippen LogP contribution >= 0.6 is 0 Å². The molecule has 0 amide bonds. The highest BCUT2D eigenvalue weighted by Crippen LogP contribution is 2.18. The third kappa shape index (κ3) is 3.07. The van der Waals surface area contributed by atoms with Crippen LogP contribution in [0.25, 0.3) is 0 Å². The van der Waals surface area contributed by atoms with Gasteiger partial charge in [0.1, 0.15) is 5.82 Å². The molecule has 0 aromatic carbocycles. The van der Waals surface area contributed by atoms with E-state index in [0.717, 1.165) is 17.9 Å². The Kier molecular flexibility index (Phi) is 4.01. The van der Waals surface area contributed by atoms with Gasteiger partial charge in [0.2, 0.25) is 0 Å². The molecule has 1 rings (SSSR count). The van der Waals surface area contributed by atoms with Crippen molar-refractivity contribution in [3.05, 3.63) is 23.8 Å². The summed E-state index contributed by atoms with van der Waals surface area (Å²) >= 11 is 0. The van der Waals surface area contributed by atoms with Gasteiger partial charge >= 0.3 is 0 Å². The Morgan fingerprint density at radius 2 is 2.14 bits per heavy atom. The summed E-state index contributed by atoms with van der Waals surface area (Å²) in [6, 6.07) is 2.33. The van der Waals surface area contributed by atoms with Gasteiger partial charge in [-0.2, -0.15) is 0 Å². The van der Waals surface area contributed by atoms with E-state index in [0.29, 0.717) is 12.0 Å². The standard InChI is InChI=1S/C11H19N3/c1-8(2)7-11(12-4)10-5-6-13-9(3)14-10/h5-6,8,11-12H,7H2,1-4H3. The first kappa shape index (κ1) is 11.1. The fourth-order valence-electron chi connectivity index (χ4n) is 1.53. The highest BCUT2D eigenvalue weighted by molar-refractivity contribution is 5.07. The zero-order valence-corrected chi connectivity index (χ0v) is 9.41. The molecule has 14 heavy (non-hydrogen) atoms. The molecule has 1 aromatic heterocycles. The van der Waals surface area contributed by atoms with Crippen LogP contribution in [0.15, 0.2) is 12.3 Å². The number of aromatic nitrogens is 2. The average Bonchev–Trinajstić information content (AvgIpc) is 2.14. The highest BCUT2D eigenvalue weighted by atomic mass is 14.9. The lowest BCUT2D eigenvalue weighted by Gasteiger charge is -2.17. The fourth-order valence-corrected chi connectivity index (χ4v) is 1.53. The van der Waals surface area contributed by atoms with Gasteiger partial charge in [-0.25, -0.2) is 9.97 Å². The van der Waals surface area contributed by atoms with Crippen molar-refractivity contribution in [2.75, 3.05) is 7.05 Å². The number of nitrogens with zero attached hydrogens (tertiary/aromatic N) is 2. The van der Waals surface area contributed by atoms with Crippen LogP contribution in [0.4, 0.5) is 0 Å². The van der Waals surface area contributed by atoms with E-state index in [1.54, 1.807) is 0 Å². The Labute approximate surface area is 86.0 Å². The van der Waals surface area contributed by atoms with E-state index in [1.807, 2.05) is 26.2 Å². The maximum Gasteiger partial charge on any atom is 0.125 e. The number of nitrogens with one attached hydrogen (secondary N) is 1. The number of aryl methyl sites for hydroxylation is 1. The van der Waals surface area contributed by atoms with Crippen molar-refractivity contribution in [1.82, 2.24) is 15.3 Å². The lowest BCUT2D eigenvalue weighted by atomic mass is 10.0. The molecular weight excluding hydrogens is 174 g/mol. The summed E-state index contributed by atoms with van der Waals surface area (Å²) in [7, 11) is 1.98. The molecule has 0 aliphatic heterocycles. The minimum Gasteiger partial charge on any atom is -0.312 e. The Bertz CT molecular complexity index is 284. The van der Waals surface area contributed by atoms with Gasteiger partial charge in [0.25, 0.3) is 0 Å². The van der Waals surface area contributed by atoms with Crippen LogP contribution in [0.2, 0.25) is 0 Å². The topological polar surface area (TPSA) is 37.8 Å². The summed E-state index contributed by atoms with van der Waals surface area (Å²) in [5.41, 5.74) is 1.09. The van der Waals surface area contributed by atoms with Gasteiger partial charge in [-0.1, -0.05) is 13.8 Å². The third-order valence-corrected chi connectivity index (χ3v) is 2.21. The summed E-state index contributed by atoms with van der Waals surface area (Å²) in [6.07, 6.45) is 2.93. The normalized spacial score (nSPS) is 13.2. The van der Waals surface area contributed by atoms with Gasteiger partial charge in [0.15, 0.2) is 0 Å². The van der Waals surface area contributed by atoms with E-state index in [2.05, 4.69) is 29.1 Å². The molecule has 1 heterocycles. The lowest BCUT2D eigenvalue weighted by molar-refractivity contribution is 0.447. The van der Waals surface area contributed by atoms with Gasteiger partial charge in [-0.15, -0.1) is 0 Å². The smallest absolute Gasteiger partial charge is 0.125 e. The molecule has 0 aliphatic carbocycles. The molecular formula is C11H19N3. The predicted octanol–water partition coefficient (Wildman–Crippen LogP) is 2.09. The van der Waals surface area contributed by atoms with Crippen molar-refractivity contribution >= 4 is 0 Å². The van der Waals surface area contributed by atoms with Gasteiger partial charge in [-0.05, 0) is 32.4 Å². The average molecular weight is 193 g/mol. The van der Waals surface area contributed by atoms with E-state index in [4.69, 9.17) is 0 Å². The Hall–Kier alpha value is -0.960. The molecule has 0 saturated heterocycles.